The highest BCUT2D eigenvalue weighted by molar-refractivity contribution is 5.99. The normalized spacial score (nSPS) is 13.5. The van der Waals surface area contributed by atoms with Gasteiger partial charge in [-0.15, -0.1) is 0 Å². The molecule has 0 saturated heterocycles. The van der Waals surface area contributed by atoms with Gasteiger partial charge in [-0.3, -0.25) is 0 Å². The molecule has 0 bridgehead atoms. The Balaban J connectivity index is 1.04. The predicted molar refractivity (Wildman–Crippen MR) is 282 cm³/mol. The third-order valence-electron chi connectivity index (χ3n) is 14.6. The Morgan fingerprint density at radius 3 is 1.21 bits per heavy atom. The van der Waals surface area contributed by atoms with E-state index in [1.54, 1.807) is 0 Å². The number of para-hydroxylation sites is 2. The molecule has 2 nitrogen and oxygen atoms in total. The number of hydrogen-bond acceptors (Lipinski definition) is 2. The van der Waals surface area contributed by atoms with Gasteiger partial charge in [-0.05, 0) is 128 Å². The summed E-state index contributed by atoms with van der Waals surface area (Å²) in [5, 5.41) is 2.44. The van der Waals surface area contributed by atoms with Crippen LogP contribution in [0.3, 0.4) is 0 Å². The standard InChI is InChI=1S/C66H46N2/c1-5-24-49(25-6-1)65(50-26-7-2-8-27-50)58-34-17-19-36-60(58)66(61-37-20-18-35-59(61)65)57-33-16-15-32-56(57)64-62(66)38-21-39-63(64)68(52-30-11-4-12-31-52)54-44-42-53(43-45-54)67(51-28-9-3-10-29-51)55-41-40-47-22-13-14-23-48(47)46-55/h1-46H. The van der Waals surface area contributed by atoms with Gasteiger partial charge in [-0.25, -0.2) is 0 Å². The molecule has 2 aliphatic rings. The molecule has 0 fully saturated rings. The molecule has 11 aromatic carbocycles. The number of fused-ring (bicyclic) bond motifs is 10. The van der Waals surface area contributed by atoms with Crippen molar-refractivity contribution in [2.24, 2.45) is 0 Å². The van der Waals surface area contributed by atoms with Crippen molar-refractivity contribution < 1.29 is 0 Å². The van der Waals surface area contributed by atoms with E-state index in [9.17, 15) is 0 Å². The summed E-state index contributed by atoms with van der Waals surface area (Å²) < 4.78 is 0. The first kappa shape index (κ1) is 39.6. The van der Waals surface area contributed by atoms with Crippen LogP contribution in [-0.4, -0.2) is 0 Å². The van der Waals surface area contributed by atoms with Gasteiger partial charge in [0, 0.05) is 34.0 Å². The minimum Gasteiger partial charge on any atom is -0.310 e. The Morgan fingerprint density at radius 1 is 0.235 bits per heavy atom. The van der Waals surface area contributed by atoms with Crippen LogP contribution < -0.4 is 9.80 Å². The molecule has 0 aliphatic heterocycles. The van der Waals surface area contributed by atoms with Crippen molar-refractivity contribution in [2.45, 2.75) is 10.8 Å². The van der Waals surface area contributed by atoms with E-state index >= 15 is 0 Å². The quantitative estimate of drug-likeness (QED) is 0.150. The van der Waals surface area contributed by atoms with Crippen molar-refractivity contribution in [3.05, 3.63) is 324 Å². The number of rotatable bonds is 8. The molecule has 1 spiro atoms. The first-order chi connectivity index (χ1) is 33.8. The summed E-state index contributed by atoms with van der Waals surface area (Å²) in [6.45, 7) is 0. The lowest BCUT2D eigenvalue weighted by molar-refractivity contribution is 0.623. The summed E-state index contributed by atoms with van der Waals surface area (Å²) >= 11 is 0. The fourth-order valence-corrected chi connectivity index (χ4v) is 11.9. The fourth-order valence-electron chi connectivity index (χ4n) is 11.9. The van der Waals surface area contributed by atoms with E-state index in [1.807, 2.05) is 0 Å². The lowest BCUT2D eigenvalue weighted by Crippen LogP contribution is -2.44. The maximum absolute atomic E-state index is 2.46. The van der Waals surface area contributed by atoms with Crippen LogP contribution in [0, 0.1) is 0 Å². The Hall–Kier alpha value is -8.72. The van der Waals surface area contributed by atoms with Gasteiger partial charge in [0.2, 0.25) is 0 Å². The van der Waals surface area contributed by atoms with Gasteiger partial charge in [0.25, 0.3) is 0 Å². The van der Waals surface area contributed by atoms with Crippen LogP contribution in [0.2, 0.25) is 0 Å². The number of nitrogens with zero attached hydrogens (tertiary/aromatic N) is 2. The Bertz CT molecular complexity index is 3530. The molecule has 0 heterocycles. The highest BCUT2D eigenvalue weighted by atomic mass is 15.2. The molecular weight excluding hydrogens is 821 g/mol. The molecule has 0 N–H and O–H groups in total. The Morgan fingerprint density at radius 2 is 0.632 bits per heavy atom. The van der Waals surface area contributed by atoms with Crippen LogP contribution in [0.4, 0.5) is 34.1 Å². The van der Waals surface area contributed by atoms with E-state index in [4.69, 9.17) is 0 Å². The molecule has 320 valence electrons. The van der Waals surface area contributed by atoms with Crippen LogP contribution in [0.5, 0.6) is 0 Å². The van der Waals surface area contributed by atoms with Crippen LogP contribution >= 0.6 is 0 Å². The molecular formula is C66H46N2. The molecule has 0 atom stereocenters. The highest BCUT2D eigenvalue weighted by Gasteiger charge is 2.57. The van der Waals surface area contributed by atoms with E-state index in [0.717, 1.165) is 34.1 Å². The topological polar surface area (TPSA) is 6.48 Å². The lowest BCUT2D eigenvalue weighted by atomic mass is 9.51. The third kappa shape index (κ3) is 5.84. The van der Waals surface area contributed by atoms with Gasteiger partial charge in [-0.1, -0.05) is 212 Å². The maximum Gasteiger partial charge on any atom is 0.0720 e. The predicted octanol–water partition coefficient (Wildman–Crippen LogP) is 16.8. The minimum absolute atomic E-state index is 0.561. The Kier molecular flexibility index (Phi) is 9.33. The van der Waals surface area contributed by atoms with Crippen molar-refractivity contribution in [2.75, 3.05) is 9.80 Å². The van der Waals surface area contributed by atoms with Crippen molar-refractivity contribution in [3.63, 3.8) is 0 Å². The molecule has 0 unspecified atom stereocenters. The van der Waals surface area contributed by atoms with Crippen molar-refractivity contribution in [3.8, 4) is 11.1 Å². The number of anilines is 6. The highest BCUT2D eigenvalue weighted by Crippen LogP contribution is 2.66. The zero-order valence-corrected chi connectivity index (χ0v) is 37.5. The minimum atomic E-state index is -0.607. The second-order valence-corrected chi connectivity index (χ2v) is 18.0. The molecule has 0 saturated carbocycles. The summed E-state index contributed by atoms with van der Waals surface area (Å²) in [5.74, 6) is 0. The average Bonchev–Trinajstić information content (AvgIpc) is 3.72. The summed E-state index contributed by atoms with van der Waals surface area (Å²) in [5.41, 5.74) is 18.3. The van der Waals surface area contributed by atoms with Crippen molar-refractivity contribution in [1.82, 2.24) is 0 Å². The van der Waals surface area contributed by atoms with Crippen LogP contribution in [0.15, 0.2) is 279 Å². The first-order valence-electron chi connectivity index (χ1n) is 23.6. The first-order valence-corrected chi connectivity index (χ1v) is 23.6. The molecule has 0 amide bonds. The van der Waals surface area contributed by atoms with Crippen molar-refractivity contribution in [1.29, 1.82) is 0 Å². The van der Waals surface area contributed by atoms with Crippen LogP contribution in [0.25, 0.3) is 21.9 Å². The molecule has 68 heavy (non-hydrogen) atoms. The number of benzene rings is 11. The largest absolute Gasteiger partial charge is 0.310 e. The number of hydrogen-bond donors (Lipinski definition) is 0. The average molecular weight is 867 g/mol. The van der Waals surface area contributed by atoms with Crippen LogP contribution in [0.1, 0.15) is 44.5 Å². The van der Waals surface area contributed by atoms with E-state index in [-0.39, 0.29) is 0 Å². The van der Waals surface area contributed by atoms with Gasteiger partial charge in [-0.2, -0.15) is 0 Å². The summed E-state index contributed by atoms with van der Waals surface area (Å²) in [7, 11) is 0. The zero-order valence-electron chi connectivity index (χ0n) is 37.5. The summed E-state index contributed by atoms with van der Waals surface area (Å²) in [6, 6.07) is 103. The van der Waals surface area contributed by atoms with E-state index in [1.165, 1.54) is 66.4 Å². The molecule has 2 heteroatoms. The fraction of sp³-hybridized carbons (Fsp3) is 0.0303. The Labute approximate surface area is 398 Å². The van der Waals surface area contributed by atoms with Gasteiger partial charge >= 0.3 is 0 Å². The third-order valence-corrected chi connectivity index (χ3v) is 14.6. The summed E-state index contributed by atoms with van der Waals surface area (Å²) in [6.07, 6.45) is 0. The van der Waals surface area contributed by atoms with Gasteiger partial charge in [0.1, 0.15) is 0 Å². The van der Waals surface area contributed by atoms with E-state index in [0.29, 0.717) is 0 Å². The van der Waals surface area contributed by atoms with E-state index < -0.39 is 10.8 Å². The molecule has 2 aliphatic carbocycles. The van der Waals surface area contributed by atoms with Gasteiger partial charge in [0.15, 0.2) is 0 Å². The van der Waals surface area contributed by atoms with Crippen LogP contribution in [-0.2, 0) is 10.8 Å². The second-order valence-electron chi connectivity index (χ2n) is 18.0. The maximum atomic E-state index is 2.46. The lowest BCUT2D eigenvalue weighted by Gasteiger charge is -2.50. The molecule has 13 rings (SSSR count). The van der Waals surface area contributed by atoms with Crippen molar-refractivity contribution >= 4 is 44.9 Å². The zero-order chi connectivity index (χ0) is 45.1. The SMILES string of the molecule is c1ccc(N(c2ccc(N(c3ccccc3)c3cccc4c3-c3ccccc3C43c4ccccc4C(c4ccccc4)(c4ccccc4)c4ccccc43)cc2)c2ccc3ccccc3c2)cc1. The molecule has 11 aromatic rings. The second kappa shape index (κ2) is 16.0. The van der Waals surface area contributed by atoms with Gasteiger partial charge < -0.3 is 9.80 Å². The smallest absolute Gasteiger partial charge is 0.0720 e. The van der Waals surface area contributed by atoms with E-state index in [2.05, 4.69) is 289 Å². The summed E-state index contributed by atoms with van der Waals surface area (Å²) in [4.78, 5) is 4.81. The van der Waals surface area contributed by atoms with Gasteiger partial charge in [0.05, 0.1) is 16.5 Å². The molecule has 0 aromatic heterocycles. The molecule has 0 radical (unpaired) electrons. The monoisotopic (exact) mass is 866 g/mol.